The minimum atomic E-state index is -0.211. The summed E-state index contributed by atoms with van der Waals surface area (Å²) in [7, 11) is 3.76. The lowest BCUT2D eigenvalue weighted by molar-refractivity contribution is -0.121. The van der Waals surface area contributed by atoms with Gasteiger partial charge in [0.05, 0.1) is 6.54 Å². The van der Waals surface area contributed by atoms with Crippen LogP contribution in [0.25, 0.3) is 0 Å². The molecule has 0 aromatic heterocycles. The minimum absolute atomic E-state index is 0. The van der Waals surface area contributed by atoms with Crippen molar-refractivity contribution in [2.24, 2.45) is 10.9 Å². The molecule has 1 aliphatic rings. The van der Waals surface area contributed by atoms with Gasteiger partial charge in [0.1, 0.15) is 0 Å². The highest BCUT2D eigenvalue weighted by Crippen LogP contribution is 2.18. The maximum absolute atomic E-state index is 11.8. The van der Waals surface area contributed by atoms with Crippen LogP contribution in [-0.2, 0) is 9.53 Å². The first-order valence-corrected chi connectivity index (χ1v) is 8.12. The normalized spacial score (nSPS) is 16.5. The molecule has 0 saturated carbocycles. The molecule has 0 aromatic rings. The Morgan fingerprint density at radius 3 is 2.43 bits per heavy atom. The first-order chi connectivity index (χ1) is 10.3. The smallest absolute Gasteiger partial charge is 0.239 e. The van der Waals surface area contributed by atoms with Gasteiger partial charge < -0.3 is 20.3 Å². The van der Waals surface area contributed by atoms with Gasteiger partial charge in [-0.3, -0.25) is 9.79 Å². The molecule has 6 nitrogen and oxygen atoms in total. The largest absolute Gasteiger partial charge is 0.381 e. The second-order valence-corrected chi connectivity index (χ2v) is 6.96. The fraction of sp³-hybridized carbons (Fsp3) is 0.875. The molecule has 1 fully saturated rings. The van der Waals surface area contributed by atoms with Crippen molar-refractivity contribution in [2.75, 3.05) is 40.4 Å². The Morgan fingerprint density at radius 2 is 1.91 bits per heavy atom. The maximum atomic E-state index is 11.8. The van der Waals surface area contributed by atoms with Gasteiger partial charge in [0.15, 0.2) is 5.96 Å². The van der Waals surface area contributed by atoms with E-state index in [4.69, 9.17) is 4.74 Å². The Labute approximate surface area is 157 Å². The maximum Gasteiger partial charge on any atom is 0.239 e. The average Bonchev–Trinajstić information content (AvgIpc) is 2.45. The molecule has 136 valence electrons. The molecule has 2 N–H and O–H groups in total. The second-order valence-electron chi connectivity index (χ2n) is 6.96. The van der Waals surface area contributed by atoms with Crippen LogP contribution in [0.15, 0.2) is 4.99 Å². The SMILES string of the molecule is CN=C(NCC(=O)NC(C)(C)C)N(C)CCC1CCOCC1.I. The van der Waals surface area contributed by atoms with E-state index in [1.165, 1.54) is 0 Å². The zero-order chi connectivity index (χ0) is 16.6. The molecule has 1 amide bonds. The van der Waals surface area contributed by atoms with Crippen molar-refractivity contribution in [3.05, 3.63) is 0 Å². The van der Waals surface area contributed by atoms with Crippen molar-refractivity contribution in [1.29, 1.82) is 0 Å². The lowest BCUT2D eigenvalue weighted by Crippen LogP contribution is -2.48. The molecule has 1 saturated heterocycles. The molecule has 1 heterocycles. The zero-order valence-electron chi connectivity index (χ0n) is 15.1. The van der Waals surface area contributed by atoms with Crippen molar-refractivity contribution in [3.63, 3.8) is 0 Å². The molecule has 7 heteroatoms. The van der Waals surface area contributed by atoms with E-state index >= 15 is 0 Å². The molecule has 1 rings (SSSR count). The summed E-state index contributed by atoms with van der Waals surface area (Å²) in [6, 6.07) is 0. The summed E-state index contributed by atoms with van der Waals surface area (Å²) in [5, 5.41) is 6.05. The van der Waals surface area contributed by atoms with Gasteiger partial charge in [-0.1, -0.05) is 0 Å². The van der Waals surface area contributed by atoms with Gasteiger partial charge in [0.25, 0.3) is 0 Å². The fourth-order valence-electron chi connectivity index (χ4n) is 2.52. The van der Waals surface area contributed by atoms with Crippen molar-refractivity contribution in [3.8, 4) is 0 Å². The van der Waals surface area contributed by atoms with Crippen LogP contribution in [0.2, 0.25) is 0 Å². The molecular formula is C16H33IN4O2. The predicted octanol–water partition coefficient (Wildman–Crippen LogP) is 1.84. The van der Waals surface area contributed by atoms with Crippen LogP contribution in [0, 0.1) is 5.92 Å². The van der Waals surface area contributed by atoms with Crippen LogP contribution in [0.5, 0.6) is 0 Å². The second kappa shape index (κ2) is 11.1. The predicted molar refractivity (Wildman–Crippen MR) is 105 cm³/mol. The molecule has 0 spiro atoms. The Balaban J connectivity index is 0.00000484. The first-order valence-electron chi connectivity index (χ1n) is 8.12. The first kappa shape index (κ1) is 22.4. The van der Waals surface area contributed by atoms with Gasteiger partial charge in [0.2, 0.25) is 5.91 Å². The molecule has 23 heavy (non-hydrogen) atoms. The van der Waals surface area contributed by atoms with E-state index in [-0.39, 0.29) is 42.0 Å². The molecule has 0 radical (unpaired) electrons. The van der Waals surface area contributed by atoms with Gasteiger partial charge in [-0.25, -0.2) is 0 Å². The summed E-state index contributed by atoms with van der Waals surface area (Å²) in [4.78, 5) is 18.2. The number of amides is 1. The van der Waals surface area contributed by atoms with Crippen molar-refractivity contribution < 1.29 is 9.53 Å². The molecule has 0 atom stereocenters. The van der Waals surface area contributed by atoms with E-state index in [0.717, 1.165) is 50.9 Å². The summed E-state index contributed by atoms with van der Waals surface area (Å²) in [5.41, 5.74) is -0.211. The molecule has 1 aliphatic heterocycles. The van der Waals surface area contributed by atoms with Gasteiger partial charge >= 0.3 is 0 Å². The fourth-order valence-corrected chi connectivity index (χ4v) is 2.52. The van der Waals surface area contributed by atoms with Crippen LogP contribution < -0.4 is 10.6 Å². The summed E-state index contributed by atoms with van der Waals surface area (Å²) in [6.07, 6.45) is 3.43. The van der Waals surface area contributed by atoms with E-state index in [2.05, 4.69) is 20.5 Å². The third-order valence-corrected chi connectivity index (χ3v) is 3.71. The van der Waals surface area contributed by atoms with Crippen LogP contribution in [0.4, 0.5) is 0 Å². The van der Waals surface area contributed by atoms with Gasteiger partial charge in [-0.2, -0.15) is 0 Å². The third-order valence-electron chi connectivity index (χ3n) is 3.71. The number of nitrogens with zero attached hydrogens (tertiary/aromatic N) is 2. The highest BCUT2D eigenvalue weighted by atomic mass is 127. The topological polar surface area (TPSA) is 66.0 Å². The quantitative estimate of drug-likeness (QED) is 0.389. The lowest BCUT2D eigenvalue weighted by Gasteiger charge is -2.27. The van der Waals surface area contributed by atoms with Crippen LogP contribution in [-0.4, -0.2) is 62.7 Å². The number of rotatable bonds is 5. The number of aliphatic imine (C=N–C) groups is 1. The number of guanidine groups is 1. The van der Waals surface area contributed by atoms with E-state index in [1.807, 2.05) is 27.8 Å². The third kappa shape index (κ3) is 10.0. The number of carbonyl (C=O) groups is 1. The van der Waals surface area contributed by atoms with Crippen LogP contribution in [0.3, 0.4) is 0 Å². The Bertz CT molecular complexity index is 377. The van der Waals surface area contributed by atoms with Gasteiger partial charge in [-0.15, -0.1) is 24.0 Å². The molecule has 0 bridgehead atoms. The van der Waals surface area contributed by atoms with Gasteiger partial charge in [0, 0.05) is 39.4 Å². The minimum Gasteiger partial charge on any atom is -0.381 e. The number of nitrogens with one attached hydrogen (secondary N) is 2. The lowest BCUT2D eigenvalue weighted by atomic mass is 9.96. The molecule has 0 unspecified atom stereocenters. The number of hydrogen-bond donors (Lipinski definition) is 2. The number of ether oxygens (including phenoxy) is 1. The summed E-state index contributed by atoms with van der Waals surface area (Å²) in [5.74, 6) is 1.47. The van der Waals surface area contributed by atoms with Crippen molar-refractivity contribution in [1.82, 2.24) is 15.5 Å². The Morgan fingerprint density at radius 1 is 1.30 bits per heavy atom. The van der Waals surface area contributed by atoms with Gasteiger partial charge in [-0.05, 0) is 46.0 Å². The summed E-state index contributed by atoms with van der Waals surface area (Å²) < 4.78 is 5.39. The highest BCUT2D eigenvalue weighted by Gasteiger charge is 2.17. The Hall–Kier alpha value is -0.570. The highest BCUT2D eigenvalue weighted by molar-refractivity contribution is 14.0. The summed E-state index contributed by atoms with van der Waals surface area (Å²) >= 11 is 0. The standard InChI is InChI=1S/C16H32N4O2.HI/c1-16(2,3)19-14(21)12-18-15(17-4)20(5)9-6-13-7-10-22-11-8-13;/h13H,6-12H2,1-5H3,(H,17,18)(H,19,21);1H. The van der Waals surface area contributed by atoms with E-state index in [0.29, 0.717) is 0 Å². The zero-order valence-corrected chi connectivity index (χ0v) is 17.5. The molecule has 0 aromatic carbocycles. The van der Waals surface area contributed by atoms with Crippen molar-refractivity contribution in [2.45, 2.75) is 45.6 Å². The molecule has 0 aliphatic carbocycles. The number of carbonyl (C=O) groups excluding carboxylic acids is 1. The van der Waals surface area contributed by atoms with Crippen LogP contribution in [0.1, 0.15) is 40.0 Å². The molecular weight excluding hydrogens is 407 g/mol. The summed E-state index contributed by atoms with van der Waals surface area (Å²) in [6.45, 7) is 8.86. The Kier molecular flexibility index (Phi) is 10.8. The van der Waals surface area contributed by atoms with E-state index in [1.54, 1.807) is 7.05 Å². The van der Waals surface area contributed by atoms with E-state index in [9.17, 15) is 4.79 Å². The van der Waals surface area contributed by atoms with Crippen molar-refractivity contribution >= 4 is 35.8 Å². The monoisotopic (exact) mass is 440 g/mol. The van der Waals surface area contributed by atoms with Crippen LogP contribution >= 0.6 is 24.0 Å². The number of halogens is 1. The number of hydrogen-bond acceptors (Lipinski definition) is 3. The van der Waals surface area contributed by atoms with E-state index < -0.39 is 0 Å². The average molecular weight is 440 g/mol.